The Morgan fingerprint density at radius 3 is 2.31 bits per heavy atom. The highest BCUT2D eigenvalue weighted by molar-refractivity contribution is 7.89. The fourth-order valence-corrected chi connectivity index (χ4v) is 3.66. The van der Waals surface area contributed by atoms with Crippen LogP contribution in [0.4, 0.5) is 0 Å². The second-order valence-electron chi connectivity index (χ2n) is 6.74. The van der Waals surface area contributed by atoms with Gasteiger partial charge in [-0.2, -0.15) is 0 Å². The van der Waals surface area contributed by atoms with Crippen molar-refractivity contribution in [3.63, 3.8) is 0 Å². The first kappa shape index (κ1) is 20.4. The Morgan fingerprint density at radius 2 is 1.77 bits per heavy atom. The topological polar surface area (TPSA) is 110 Å². The molecule has 2 amide bonds. The van der Waals surface area contributed by atoms with E-state index >= 15 is 0 Å². The van der Waals surface area contributed by atoms with Crippen molar-refractivity contribution in [1.29, 1.82) is 0 Å². The van der Waals surface area contributed by atoms with Gasteiger partial charge in [0.2, 0.25) is 21.8 Å². The molecule has 1 aromatic rings. The number of amides is 2. The van der Waals surface area contributed by atoms with Crippen LogP contribution in [0.5, 0.6) is 0 Å². The Bertz CT molecular complexity index is 725. The van der Waals surface area contributed by atoms with Gasteiger partial charge in [-0.1, -0.05) is 25.0 Å². The summed E-state index contributed by atoms with van der Waals surface area (Å²) in [6.45, 7) is 2.34. The summed E-state index contributed by atoms with van der Waals surface area (Å²) in [7, 11) is -3.70. The molecule has 1 aliphatic carbocycles. The van der Waals surface area contributed by atoms with E-state index < -0.39 is 10.0 Å². The van der Waals surface area contributed by atoms with Gasteiger partial charge in [-0.25, -0.2) is 13.6 Å². The molecular formula is C18H27N3O4S. The lowest BCUT2D eigenvalue weighted by atomic mass is 10.1. The van der Waals surface area contributed by atoms with E-state index in [0.717, 1.165) is 31.2 Å². The van der Waals surface area contributed by atoms with Crippen LogP contribution >= 0.6 is 0 Å². The molecule has 2 rings (SSSR count). The number of rotatable bonds is 8. The summed E-state index contributed by atoms with van der Waals surface area (Å²) in [5, 5.41) is 8.10. The summed E-state index contributed by atoms with van der Waals surface area (Å²) < 4.78 is 22.5. The monoisotopic (exact) mass is 381 g/mol. The van der Waals surface area contributed by atoms with Crippen LogP contribution in [-0.4, -0.2) is 44.3 Å². The lowest BCUT2D eigenvalue weighted by Crippen LogP contribution is -2.37. The van der Waals surface area contributed by atoms with Crippen molar-refractivity contribution in [1.82, 2.24) is 10.2 Å². The van der Waals surface area contributed by atoms with Crippen LogP contribution in [0.2, 0.25) is 0 Å². The Balaban J connectivity index is 1.82. The van der Waals surface area contributed by atoms with E-state index in [2.05, 4.69) is 5.32 Å². The number of benzene rings is 1. The first-order valence-electron chi connectivity index (χ1n) is 8.92. The fraction of sp³-hybridized carbons (Fsp3) is 0.556. The average molecular weight is 381 g/mol. The zero-order valence-corrected chi connectivity index (χ0v) is 15.9. The van der Waals surface area contributed by atoms with Crippen molar-refractivity contribution in [3.8, 4) is 0 Å². The molecule has 1 fully saturated rings. The summed E-state index contributed by atoms with van der Waals surface area (Å²) in [6, 6.07) is 6.57. The predicted octanol–water partition coefficient (Wildman–Crippen LogP) is 1.17. The Morgan fingerprint density at radius 1 is 1.15 bits per heavy atom. The number of sulfonamides is 1. The van der Waals surface area contributed by atoms with Crippen molar-refractivity contribution >= 4 is 21.8 Å². The first-order valence-corrected chi connectivity index (χ1v) is 10.5. The standard InChI is InChI=1S/C18H27N3O4S/c1-14(22)21(13-11-18(23)20-16-4-2-3-5-16)12-10-15-6-8-17(9-7-15)26(19,24)25/h6-9,16H,2-5,10-13H2,1H3,(H,20,23)(H2,19,24,25). The number of carbonyl (C=O) groups excluding carboxylic acids is 2. The molecule has 1 saturated carbocycles. The molecule has 0 heterocycles. The highest BCUT2D eigenvalue weighted by atomic mass is 32.2. The number of hydrogen-bond donors (Lipinski definition) is 2. The van der Waals surface area contributed by atoms with Crippen molar-refractivity contribution in [2.45, 2.75) is 56.4 Å². The zero-order chi connectivity index (χ0) is 19.2. The van der Waals surface area contributed by atoms with Crippen LogP contribution in [0.25, 0.3) is 0 Å². The normalized spacial score (nSPS) is 15.0. The van der Waals surface area contributed by atoms with Crippen LogP contribution in [0.15, 0.2) is 29.2 Å². The Kier molecular flexibility index (Phi) is 7.16. The van der Waals surface area contributed by atoms with Gasteiger partial charge < -0.3 is 10.2 Å². The Hall–Kier alpha value is -1.93. The molecule has 7 nitrogen and oxygen atoms in total. The Labute approximate surface area is 155 Å². The summed E-state index contributed by atoms with van der Waals surface area (Å²) in [5.74, 6) is -0.0968. The van der Waals surface area contributed by atoms with Gasteiger partial charge >= 0.3 is 0 Å². The fourth-order valence-electron chi connectivity index (χ4n) is 3.14. The van der Waals surface area contributed by atoms with Crippen molar-refractivity contribution < 1.29 is 18.0 Å². The minimum absolute atomic E-state index is 0.0133. The molecule has 0 radical (unpaired) electrons. The lowest BCUT2D eigenvalue weighted by molar-refractivity contribution is -0.129. The minimum atomic E-state index is -3.70. The number of nitrogens with one attached hydrogen (secondary N) is 1. The summed E-state index contributed by atoms with van der Waals surface area (Å²) in [4.78, 5) is 25.5. The van der Waals surface area contributed by atoms with Crippen LogP contribution in [0, 0.1) is 0 Å². The van der Waals surface area contributed by atoms with Gasteiger partial charge in [0.1, 0.15) is 0 Å². The van der Waals surface area contributed by atoms with Gasteiger partial charge in [0.25, 0.3) is 0 Å². The van der Waals surface area contributed by atoms with Crippen LogP contribution in [-0.2, 0) is 26.0 Å². The molecular weight excluding hydrogens is 354 g/mol. The SMILES string of the molecule is CC(=O)N(CCC(=O)NC1CCCC1)CCc1ccc(S(N)(=O)=O)cc1. The third-order valence-corrected chi connectivity index (χ3v) is 5.63. The molecule has 26 heavy (non-hydrogen) atoms. The second-order valence-corrected chi connectivity index (χ2v) is 8.31. The van der Waals surface area contributed by atoms with Crippen molar-refractivity contribution in [3.05, 3.63) is 29.8 Å². The summed E-state index contributed by atoms with van der Waals surface area (Å²) >= 11 is 0. The number of primary sulfonamides is 1. The van der Waals surface area contributed by atoms with E-state index in [1.807, 2.05) is 0 Å². The summed E-state index contributed by atoms with van der Waals surface area (Å²) in [5.41, 5.74) is 0.902. The third kappa shape index (κ3) is 6.42. The molecule has 0 bridgehead atoms. The van der Waals surface area contributed by atoms with Gasteiger partial charge in [-0.05, 0) is 37.0 Å². The van der Waals surface area contributed by atoms with E-state index in [1.54, 1.807) is 17.0 Å². The number of hydrogen-bond acceptors (Lipinski definition) is 4. The van der Waals surface area contributed by atoms with Gasteiger partial charge in [0, 0.05) is 32.5 Å². The number of nitrogens with zero attached hydrogens (tertiary/aromatic N) is 1. The lowest BCUT2D eigenvalue weighted by Gasteiger charge is -2.21. The molecule has 0 saturated heterocycles. The van der Waals surface area contributed by atoms with Crippen molar-refractivity contribution in [2.75, 3.05) is 13.1 Å². The minimum Gasteiger partial charge on any atom is -0.353 e. The van der Waals surface area contributed by atoms with Gasteiger partial charge in [0.05, 0.1) is 4.90 Å². The molecule has 0 unspecified atom stereocenters. The highest BCUT2D eigenvalue weighted by Crippen LogP contribution is 2.17. The maximum atomic E-state index is 12.0. The summed E-state index contributed by atoms with van der Waals surface area (Å²) in [6.07, 6.45) is 5.27. The molecule has 0 aromatic heterocycles. The highest BCUT2D eigenvalue weighted by Gasteiger charge is 2.18. The zero-order valence-electron chi connectivity index (χ0n) is 15.1. The maximum Gasteiger partial charge on any atom is 0.238 e. The predicted molar refractivity (Wildman–Crippen MR) is 98.8 cm³/mol. The quantitative estimate of drug-likeness (QED) is 0.704. The van der Waals surface area contributed by atoms with E-state index in [1.165, 1.54) is 19.1 Å². The van der Waals surface area contributed by atoms with Crippen molar-refractivity contribution in [2.24, 2.45) is 5.14 Å². The van der Waals surface area contributed by atoms with Gasteiger partial charge in [-0.15, -0.1) is 0 Å². The molecule has 8 heteroatoms. The molecule has 0 atom stereocenters. The smallest absolute Gasteiger partial charge is 0.238 e. The van der Waals surface area contributed by atoms with Gasteiger partial charge in [0.15, 0.2) is 0 Å². The second kappa shape index (κ2) is 9.14. The van der Waals surface area contributed by atoms with E-state index in [0.29, 0.717) is 25.9 Å². The molecule has 0 spiro atoms. The van der Waals surface area contributed by atoms with E-state index in [4.69, 9.17) is 5.14 Å². The third-order valence-electron chi connectivity index (χ3n) is 4.70. The first-order chi connectivity index (χ1) is 12.3. The van der Waals surface area contributed by atoms with Crippen LogP contribution in [0.3, 0.4) is 0 Å². The van der Waals surface area contributed by atoms with Gasteiger partial charge in [-0.3, -0.25) is 9.59 Å². The number of nitrogens with two attached hydrogens (primary N) is 1. The molecule has 3 N–H and O–H groups in total. The van der Waals surface area contributed by atoms with Crippen LogP contribution < -0.4 is 10.5 Å². The average Bonchev–Trinajstić information content (AvgIpc) is 3.07. The number of carbonyl (C=O) groups is 2. The molecule has 1 aliphatic rings. The molecule has 144 valence electrons. The van der Waals surface area contributed by atoms with E-state index in [9.17, 15) is 18.0 Å². The van der Waals surface area contributed by atoms with E-state index in [-0.39, 0.29) is 22.8 Å². The molecule has 1 aromatic carbocycles. The largest absolute Gasteiger partial charge is 0.353 e. The van der Waals surface area contributed by atoms with Crippen LogP contribution in [0.1, 0.15) is 44.6 Å². The maximum absolute atomic E-state index is 12.0. The molecule has 0 aliphatic heterocycles.